The number of hydrogen-bond donors (Lipinski definition) is 0. The Morgan fingerprint density at radius 3 is 2.29 bits per heavy atom. The van der Waals surface area contributed by atoms with Crippen molar-refractivity contribution in [2.75, 3.05) is 6.61 Å². The lowest BCUT2D eigenvalue weighted by atomic mass is 10.0. The van der Waals surface area contributed by atoms with Crippen LogP contribution in [0.25, 0.3) is 0 Å². The molecule has 0 aliphatic rings. The first-order valence-electron chi connectivity index (χ1n) is 7.57. The third-order valence-corrected chi connectivity index (χ3v) is 3.43. The van der Waals surface area contributed by atoms with Gasteiger partial charge in [0.05, 0.1) is 12.9 Å². The van der Waals surface area contributed by atoms with Crippen LogP contribution in [-0.4, -0.2) is 6.61 Å². The smallest absolute Gasteiger partial charge is 0.0901 e. The molecule has 1 atom stereocenters. The summed E-state index contributed by atoms with van der Waals surface area (Å²) < 4.78 is 5.77. The number of ether oxygens (including phenoxy) is 1. The summed E-state index contributed by atoms with van der Waals surface area (Å²) in [5.74, 6) is 0.746. The summed E-state index contributed by atoms with van der Waals surface area (Å²) in [6.45, 7) is 9.90. The van der Waals surface area contributed by atoms with Gasteiger partial charge in [0.25, 0.3) is 0 Å². The fraction of sp³-hybridized carbons (Fsp3) is 0.875. The summed E-state index contributed by atoms with van der Waals surface area (Å²) in [5, 5.41) is 0. The number of unbranched alkanes of at least 4 members (excludes halogenated alkanes) is 2. The summed E-state index contributed by atoms with van der Waals surface area (Å²) in [4.78, 5) is 0. The third-order valence-electron chi connectivity index (χ3n) is 3.43. The summed E-state index contributed by atoms with van der Waals surface area (Å²) in [6.07, 6.45) is 12.1. The molecule has 0 aromatic carbocycles. The molecule has 0 amide bonds. The van der Waals surface area contributed by atoms with E-state index in [0.29, 0.717) is 0 Å². The van der Waals surface area contributed by atoms with Crippen LogP contribution < -0.4 is 0 Å². The zero-order valence-corrected chi connectivity index (χ0v) is 12.4. The van der Waals surface area contributed by atoms with Gasteiger partial charge < -0.3 is 4.74 Å². The first-order valence-corrected chi connectivity index (χ1v) is 7.57. The summed E-state index contributed by atoms with van der Waals surface area (Å²) in [6, 6.07) is 0. The highest BCUT2D eigenvalue weighted by Crippen LogP contribution is 2.15. The monoisotopic (exact) mass is 240 g/mol. The summed E-state index contributed by atoms with van der Waals surface area (Å²) in [5.41, 5.74) is 1.47. The highest BCUT2D eigenvalue weighted by Gasteiger charge is 2.05. The summed E-state index contributed by atoms with van der Waals surface area (Å²) in [7, 11) is 0. The van der Waals surface area contributed by atoms with Gasteiger partial charge in [-0.05, 0) is 37.2 Å². The highest BCUT2D eigenvalue weighted by molar-refractivity contribution is 4.96. The maximum absolute atomic E-state index is 5.77. The van der Waals surface area contributed by atoms with Crippen LogP contribution in [-0.2, 0) is 4.74 Å². The van der Waals surface area contributed by atoms with E-state index in [1.807, 2.05) is 6.26 Å². The Hall–Kier alpha value is -0.460. The number of hydrogen-bond acceptors (Lipinski definition) is 1. The van der Waals surface area contributed by atoms with Crippen LogP contribution in [0.5, 0.6) is 0 Å². The van der Waals surface area contributed by atoms with Crippen molar-refractivity contribution in [3.63, 3.8) is 0 Å². The fourth-order valence-corrected chi connectivity index (χ4v) is 1.92. The second-order valence-corrected chi connectivity index (χ2v) is 4.98. The Bertz CT molecular complexity index is 184. The first-order chi connectivity index (χ1) is 8.28. The first kappa shape index (κ1) is 16.5. The molecule has 0 unspecified atom stereocenters. The predicted octanol–water partition coefficient (Wildman–Crippen LogP) is 5.70. The number of allylic oxidation sites excluding steroid dienone is 1. The summed E-state index contributed by atoms with van der Waals surface area (Å²) >= 11 is 0. The van der Waals surface area contributed by atoms with Crippen LogP contribution in [0.15, 0.2) is 11.8 Å². The molecule has 0 aromatic heterocycles. The quantitative estimate of drug-likeness (QED) is 0.421. The minimum absolute atomic E-state index is 0.746. The van der Waals surface area contributed by atoms with Crippen LogP contribution >= 0.6 is 0 Å². The molecule has 0 N–H and O–H groups in total. The van der Waals surface area contributed by atoms with Crippen molar-refractivity contribution < 1.29 is 4.74 Å². The van der Waals surface area contributed by atoms with Gasteiger partial charge in [0, 0.05) is 0 Å². The van der Waals surface area contributed by atoms with E-state index >= 15 is 0 Å². The van der Waals surface area contributed by atoms with Crippen molar-refractivity contribution in [1.82, 2.24) is 0 Å². The van der Waals surface area contributed by atoms with Gasteiger partial charge in [0.2, 0.25) is 0 Å². The zero-order valence-electron chi connectivity index (χ0n) is 12.4. The maximum atomic E-state index is 5.77. The van der Waals surface area contributed by atoms with Crippen molar-refractivity contribution in [1.29, 1.82) is 0 Å². The van der Waals surface area contributed by atoms with Gasteiger partial charge in [0.1, 0.15) is 0 Å². The van der Waals surface area contributed by atoms with Crippen molar-refractivity contribution >= 4 is 0 Å². The molecule has 0 heterocycles. The minimum Gasteiger partial charge on any atom is -0.501 e. The number of rotatable bonds is 11. The minimum atomic E-state index is 0.746. The lowest BCUT2D eigenvalue weighted by Crippen LogP contribution is -2.06. The Labute approximate surface area is 109 Å². The van der Waals surface area contributed by atoms with Crippen molar-refractivity contribution in [2.24, 2.45) is 5.92 Å². The lowest BCUT2D eigenvalue weighted by molar-refractivity contribution is 0.180. The van der Waals surface area contributed by atoms with E-state index in [2.05, 4.69) is 27.7 Å². The largest absolute Gasteiger partial charge is 0.501 e. The fourth-order valence-electron chi connectivity index (χ4n) is 1.92. The highest BCUT2D eigenvalue weighted by atomic mass is 16.5. The Morgan fingerprint density at radius 1 is 1.06 bits per heavy atom. The van der Waals surface area contributed by atoms with E-state index < -0.39 is 0 Å². The van der Waals surface area contributed by atoms with E-state index in [-0.39, 0.29) is 0 Å². The van der Waals surface area contributed by atoms with Gasteiger partial charge in [0.15, 0.2) is 0 Å². The zero-order chi connectivity index (χ0) is 12.9. The van der Waals surface area contributed by atoms with E-state index in [9.17, 15) is 0 Å². The van der Waals surface area contributed by atoms with E-state index in [1.54, 1.807) is 0 Å². The molecule has 1 heteroatoms. The van der Waals surface area contributed by atoms with Crippen LogP contribution in [0.3, 0.4) is 0 Å². The van der Waals surface area contributed by atoms with Crippen molar-refractivity contribution in [2.45, 2.75) is 79.1 Å². The topological polar surface area (TPSA) is 9.23 Å². The molecule has 17 heavy (non-hydrogen) atoms. The van der Waals surface area contributed by atoms with Crippen LogP contribution in [0.1, 0.15) is 79.1 Å². The molecule has 0 spiro atoms. The standard InChI is InChI=1S/C16H32O/c1-5-9-11-15(7-3)13-17-14-16(8-4)12-10-6-2/h13,16H,5-12,14H2,1-4H3/b15-13+/t16-/m0/s1. The maximum Gasteiger partial charge on any atom is 0.0901 e. The molecule has 0 bridgehead atoms. The molecule has 1 nitrogen and oxygen atoms in total. The molecule has 0 aliphatic carbocycles. The Balaban J connectivity index is 3.84. The average molecular weight is 240 g/mol. The second kappa shape index (κ2) is 12.0. The average Bonchev–Trinajstić information content (AvgIpc) is 2.37. The van der Waals surface area contributed by atoms with Crippen LogP contribution in [0, 0.1) is 5.92 Å². The predicted molar refractivity (Wildman–Crippen MR) is 77.2 cm³/mol. The van der Waals surface area contributed by atoms with E-state index in [0.717, 1.165) is 18.9 Å². The Morgan fingerprint density at radius 2 is 1.76 bits per heavy atom. The molecule has 0 aromatic rings. The SMILES string of the molecule is CCCC/C(=C/OC[C@@H](CC)CCCC)CC. The molecule has 0 saturated heterocycles. The molecule has 0 fully saturated rings. The third kappa shape index (κ3) is 9.26. The molecule has 102 valence electrons. The molecular weight excluding hydrogens is 208 g/mol. The molecule has 0 radical (unpaired) electrons. The normalized spacial score (nSPS) is 13.8. The van der Waals surface area contributed by atoms with Gasteiger partial charge in [-0.25, -0.2) is 0 Å². The van der Waals surface area contributed by atoms with E-state index in [1.165, 1.54) is 50.5 Å². The molecule has 0 aliphatic heterocycles. The molecule has 0 rings (SSSR count). The van der Waals surface area contributed by atoms with Crippen LogP contribution in [0.2, 0.25) is 0 Å². The van der Waals surface area contributed by atoms with Gasteiger partial charge in [-0.3, -0.25) is 0 Å². The second-order valence-electron chi connectivity index (χ2n) is 4.98. The molecule has 0 saturated carbocycles. The van der Waals surface area contributed by atoms with Crippen LogP contribution in [0.4, 0.5) is 0 Å². The van der Waals surface area contributed by atoms with Gasteiger partial charge >= 0.3 is 0 Å². The Kier molecular flexibility index (Phi) is 11.7. The molecular formula is C16H32O. The van der Waals surface area contributed by atoms with Gasteiger partial charge in [-0.2, -0.15) is 0 Å². The van der Waals surface area contributed by atoms with Crippen molar-refractivity contribution in [3.05, 3.63) is 11.8 Å². The lowest BCUT2D eigenvalue weighted by Gasteiger charge is -2.14. The van der Waals surface area contributed by atoms with E-state index in [4.69, 9.17) is 4.74 Å². The van der Waals surface area contributed by atoms with Gasteiger partial charge in [-0.15, -0.1) is 0 Å². The van der Waals surface area contributed by atoms with Gasteiger partial charge in [-0.1, -0.05) is 53.4 Å². The van der Waals surface area contributed by atoms with Crippen molar-refractivity contribution in [3.8, 4) is 0 Å².